The first-order valence-corrected chi connectivity index (χ1v) is 7.63. The summed E-state index contributed by atoms with van der Waals surface area (Å²) >= 11 is 0. The first-order valence-electron chi connectivity index (χ1n) is 7.63. The van der Waals surface area contributed by atoms with Crippen molar-refractivity contribution in [3.8, 4) is 0 Å². The lowest BCUT2D eigenvalue weighted by molar-refractivity contribution is -0.263. The average molecular weight is 268 g/mol. The first-order chi connectivity index (χ1) is 8.82. The van der Waals surface area contributed by atoms with Crippen LogP contribution in [0.15, 0.2) is 0 Å². The van der Waals surface area contributed by atoms with Crippen LogP contribution in [0.2, 0.25) is 0 Å². The molecule has 0 aromatic carbocycles. The van der Waals surface area contributed by atoms with Gasteiger partial charge in [0.25, 0.3) is 0 Å². The molecule has 110 valence electrons. The van der Waals surface area contributed by atoms with E-state index in [9.17, 15) is 4.79 Å². The molecule has 2 unspecified atom stereocenters. The van der Waals surface area contributed by atoms with Crippen molar-refractivity contribution in [3.63, 3.8) is 0 Å². The lowest BCUT2D eigenvalue weighted by Crippen LogP contribution is -2.40. The van der Waals surface area contributed by atoms with Gasteiger partial charge in [0.15, 0.2) is 5.79 Å². The Labute approximate surface area is 117 Å². The fraction of sp³-hybridized carbons (Fsp3) is 0.938. The molecule has 0 spiro atoms. The van der Waals surface area contributed by atoms with E-state index in [-0.39, 0.29) is 11.3 Å². The quantitative estimate of drug-likeness (QED) is 0.785. The SMILES string of the molecule is CC1C(=O)CCCC1(C)CCC1COC(C)(C)OC1. The zero-order valence-corrected chi connectivity index (χ0v) is 12.8. The minimum absolute atomic E-state index is 0.183. The monoisotopic (exact) mass is 268 g/mol. The van der Waals surface area contributed by atoms with Gasteiger partial charge in [-0.25, -0.2) is 0 Å². The molecule has 0 bridgehead atoms. The molecule has 1 saturated carbocycles. The number of rotatable bonds is 3. The van der Waals surface area contributed by atoms with Gasteiger partial charge >= 0.3 is 0 Å². The van der Waals surface area contributed by atoms with E-state index in [4.69, 9.17) is 9.47 Å². The van der Waals surface area contributed by atoms with Crippen molar-refractivity contribution >= 4 is 5.78 Å². The highest BCUT2D eigenvalue weighted by molar-refractivity contribution is 5.82. The van der Waals surface area contributed by atoms with Crippen molar-refractivity contribution in [2.75, 3.05) is 13.2 Å². The van der Waals surface area contributed by atoms with Crippen molar-refractivity contribution < 1.29 is 14.3 Å². The Morgan fingerprint density at radius 2 is 1.84 bits per heavy atom. The van der Waals surface area contributed by atoms with Crippen molar-refractivity contribution in [3.05, 3.63) is 0 Å². The number of Topliss-reactive ketones (excluding diaryl/α,β-unsaturated/α-hetero) is 1. The van der Waals surface area contributed by atoms with Crippen LogP contribution in [0.25, 0.3) is 0 Å². The number of hydrogen-bond acceptors (Lipinski definition) is 3. The molecule has 0 aromatic heterocycles. The largest absolute Gasteiger partial charge is 0.350 e. The lowest BCUT2D eigenvalue weighted by atomic mass is 9.65. The molecular weight excluding hydrogens is 240 g/mol. The highest BCUT2D eigenvalue weighted by Gasteiger charge is 2.39. The summed E-state index contributed by atoms with van der Waals surface area (Å²) in [6.07, 6.45) is 5.23. The highest BCUT2D eigenvalue weighted by Crippen LogP contribution is 2.43. The van der Waals surface area contributed by atoms with Crippen LogP contribution in [0, 0.1) is 17.3 Å². The van der Waals surface area contributed by atoms with Gasteiger partial charge in [0.2, 0.25) is 0 Å². The van der Waals surface area contributed by atoms with E-state index in [0.29, 0.717) is 11.7 Å². The van der Waals surface area contributed by atoms with Gasteiger partial charge in [0.1, 0.15) is 5.78 Å². The third-order valence-electron chi connectivity index (χ3n) is 5.16. The predicted octanol–water partition coefficient (Wildman–Crippen LogP) is 3.56. The van der Waals surface area contributed by atoms with Gasteiger partial charge in [-0.1, -0.05) is 13.8 Å². The van der Waals surface area contributed by atoms with Crippen molar-refractivity contribution in [2.24, 2.45) is 17.3 Å². The van der Waals surface area contributed by atoms with Crippen LogP contribution in [0.4, 0.5) is 0 Å². The number of carbonyl (C=O) groups is 1. The molecule has 3 heteroatoms. The predicted molar refractivity (Wildman–Crippen MR) is 74.8 cm³/mol. The Hall–Kier alpha value is -0.410. The molecule has 0 N–H and O–H groups in total. The Balaban J connectivity index is 1.83. The molecule has 3 nitrogen and oxygen atoms in total. The van der Waals surface area contributed by atoms with E-state index < -0.39 is 5.79 Å². The Morgan fingerprint density at radius 3 is 2.47 bits per heavy atom. The summed E-state index contributed by atoms with van der Waals surface area (Å²) in [4.78, 5) is 11.9. The molecule has 0 amide bonds. The maximum absolute atomic E-state index is 11.9. The average Bonchev–Trinajstić information content (AvgIpc) is 2.35. The van der Waals surface area contributed by atoms with Crippen LogP contribution in [0.3, 0.4) is 0 Å². The zero-order valence-electron chi connectivity index (χ0n) is 12.8. The van der Waals surface area contributed by atoms with Crippen molar-refractivity contribution in [1.82, 2.24) is 0 Å². The molecule has 1 aliphatic carbocycles. The van der Waals surface area contributed by atoms with Crippen LogP contribution < -0.4 is 0 Å². The van der Waals surface area contributed by atoms with Gasteiger partial charge < -0.3 is 9.47 Å². The fourth-order valence-electron chi connectivity index (χ4n) is 3.26. The van der Waals surface area contributed by atoms with Crippen LogP contribution in [0.1, 0.15) is 59.8 Å². The van der Waals surface area contributed by atoms with Gasteiger partial charge in [0, 0.05) is 18.3 Å². The second-order valence-corrected chi connectivity index (χ2v) is 7.12. The van der Waals surface area contributed by atoms with Crippen molar-refractivity contribution in [2.45, 2.75) is 65.6 Å². The summed E-state index contributed by atoms with van der Waals surface area (Å²) in [5.41, 5.74) is 0.183. The maximum atomic E-state index is 11.9. The summed E-state index contributed by atoms with van der Waals surface area (Å²) in [5, 5.41) is 0. The summed E-state index contributed by atoms with van der Waals surface area (Å²) in [7, 11) is 0. The normalized spacial score (nSPS) is 36.4. The molecule has 2 rings (SSSR count). The van der Waals surface area contributed by atoms with E-state index in [1.165, 1.54) is 6.42 Å². The topological polar surface area (TPSA) is 35.5 Å². The zero-order chi connectivity index (χ0) is 14.1. The Bertz CT molecular complexity index is 327. The van der Waals surface area contributed by atoms with Gasteiger partial charge in [-0.3, -0.25) is 4.79 Å². The standard InChI is InChI=1S/C16H28O3/c1-12-14(17)6-5-8-16(12,4)9-7-13-10-18-15(2,3)19-11-13/h12-13H,5-11H2,1-4H3. The molecule has 19 heavy (non-hydrogen) atoms. The minimum atomic E-state index is -0.422. The summed E-state index contributed by atoms with van der Waals surface area (Å²) in [6.45, 7) is 9.89. The Morgan fingerprint density at radius 1 is 1.21 bits per heavy atom. The van der Waals surface area contributed by atoms with Gasteiger partial charge in [-0.05, 0) is 44.9 Å². The second-order valence-electron chi connectivity index (χ2n) is 7.12. The molecule has 1 heterocycles. The van der Waals surface area contributed by atoms with E-state index >= 15 is 0 Å². The van der Waals surface area contributed by atoms with E-state index in [0.717, 1.165) is 38.9 Å². The van der Waals surface area contributed by atoms with E-state index in [1.54, 1.807) is 0 Å². The van der Waals surface area contributed by atoms with Gasteiger partial charge in [-0.2, -0.15) is 0 Å². The van der Waals surface area contributed by atoms with E-state index in [2.05, 4.69) is 13.8 Å². The number of carbonyl (C=O) groups excluding carboxylic acids is 1. The van der Waals surface area contributed by atoms with Crippen molar-refractivity contribution in [1.29, 1.82) is 0 Å². The second kappa shape index (κ2) is 5.53. The van der Waals surface area contributed by atoms with Crippen LogP contribution in [0.5, 0.6) is 0 Å². The molecule has 2 aliphatic rings. The molecule has 2 atom stereocenters. The van der Waals surface area contributed by atoms with E-state index in [1.807, 2.05) is 13.8 Å². The third kappa shape index (κ3) is 3.57. The molecule has 0 radical (unpaired) electrons. The number of ketones is 1. The van der Waals surface area contributed by atoms with Gasteiger partial charge in [-0.15, -0.1) is 0 Å². The highest BCUT2D eigenvalue weighted by atomic mass is 16.7. The molecule has 2 fully saturated rings. The van der Waals surface area contributed by atoms with Crippen LogP contribution >= 0.6 is 0 Å². The van der Waals surface area contributed by atoms with Crippen LogP contribution in [-0.2, 0) is 14.3 Å². The number of ether oxygens (including phenoxy) is 2. The summed E-state index contributed by atoms with van der Waals surface area (Å²) in [5.74, 6) is 0.720. The molecule has 0 aromatic rings. The molecule has 1 saturated heterocycles. The summed E-state index contributed by atoms with van der Waals surface area (Å²) < 4.78 is 11.4. The maximum Gasteiger partial charge on any atom is 0.162 e. The third-order valence-corrected chi connectivity index (χ3v) is 5.16. The molecule has 1 aliphatic heterocycles. The minimum Gasteiger partial charge on any atom is -0.350 e. The smallest absolute Gasteiger partial charge is 0.162 e. The Kier molecular flexibility index (Phi) is 4.36. The van der Waals surface area contributed by atoms with Gasteiger partial charge in [0.05, 0.1) is 13.2 Å². The first kappa shape index (κ1) is 15.0. The lowest BCUT2D eigenvalue weighted by Gasteiger charge is -2.41. The van der Waals surface area contributed by atoms with Crippen LogP contribution in [-0.4, -0.2) is 24.8 Å². The summed E-state index contributed by atoms with van der Waals surface area (Å²) in [6, 6.07) is 0. The molecular formula is C16H28O3. The fourth-order valence-corrected chi connectivity index (χ4v) is 3.26. The number of hydrogen-bond donors (Lipinski definition) is 0.